The van der Waals surface area contributed by atoms with Crippen LogP contribution in [0.4, 0.5) is 0 Å². The molecule has 0 radical (unpaired) electrons. The Kier molecular flexibility index (Phi) is 38.6. The van der Waals surface area contributed by atoms with Crippen molar-refractivity contribution in [1.82, 2.24) is 0 Å². The molecular weight excluding hydrogens is 731 g/mol. The molecule has 0 aromatic heterocycles. The van der Waals surface area contributed by atoms with Crippen molar-refractivity contribution in [2.24, 2.45) is 0 Å². The van der Waals surface area contributed by atoms with Crippen LogP contribution < -0.4 is 5.11 Å². The number of carbonyl (C=O) groups is 3. The molecule has 0 heterocycles. The van der Waals surface area contributed by atoms with Crippen molar-refractivity contribution in [2.75, 3.05) is 47.5 Å². The van der Waals surface area contributed by atoms with Crippen molar-refractivity contribution in [3.05, 3.63) is 60.8 Å². The maximum atomic E-state index is 12.8. The SMILES string of the molecule is CC/C=C\C/C=C\C/C=C\C/C=C\C/C=C\CCCCCCCC(=O)OC(COC(=O)CCCCCCCCCCCCCC)COC(OCC[N+](C)(C)C)C(=O)[O-]. The Balaban J connectivity index is 4.45. The minimum atomic E-state index is -1.63. The Morgan fingerprint density at radius 2 is 0.983 bits per heavy atom. The van der Waals surface area contributed by atoms with Gasteiger partial charge in [0, 0.05) is 12.8 Å². The Morgan fingerprint density at radius 1 is 0.534 bits per heavy atom. The average molecular weight is 816 g/mol. The van der Waals surface area contributed by atoms with E-state index < -0.39 is 24.3 Å². The molecule has 0 fully saturated rings. The molecule has 9 nitrogen and oxygen atoms in total. The molecule has 0 bridgehead atoms. The van der Waals surface area contributed by atoms with Gasteiger partial charge in [-0.3, -0.25) is 9.59 Å². The third-order valence-corrected chi connectivity index (χ3v) is 9.53. The van der Waals surface area contributed by atoms with Crippen molar-refractivity contribution in [3.8, 4) is 0 Å². The molecule has 334 valence electrons. The van der Waals surface area contributed by atoms with Gasteiger partial charge in [0.05, 0.1) is 40.3 Å². The second kappa shape index (κ2) is 40.8. The van der Waals surface area contributed by atoms with Crippen LogP contribution in [0.25, 0.3) is 0 Å². The number of carbonyl (C=O) groups excluding carboxylic acids is 3. The normalized spacial score (nSPS) is 13.5. The van der Waals surface area contributed by atoms with Gasteiger partial charge in [-0.05, 0) is 57.8 Å². The van der Waals surface area contributed by atoms with Crippen LogP contribution in [0.5, 0.6) is 0 Å². The lowest BCUT2D eigenvalue weighted by atomic mass is 10.0. The van der Waals surface area contributed by atoms with Gasteiger partial charge in [0.2, 0.25) is 0 Å². The van der Waals surface area contributed by atoms with E-state index >= 15 is 0 Å². The minimum Gasteiger partial charge on any atom is -0.545 e. The van der Waals surface area contributed by atoms with Gasteiger partial charge in [0.25, 0.3) is 0 Å². The zero-order chi connectivity index (χ0) is 42.8. The number of likely N-dealkylation sites (N-methyl/N-ethyl adjacent to an activating group) is 1. The monoisotopic (exact) mass is 816 g/mol. The number of ether oxygens (including phenoxy) is 4. The van der Waals surface area contributed by atoms with E-state index in [-0.39, 0.29) is 38.6 Å². The Labute approximate surface area is 355 Å². The second-order valence-electron chi connectivity index (χ2n) is 16.3. The molecule has 0 amide bonds. The lowest BCUT2D eigenvalue weighted by Gasteiger charge is -2.26. The molecule has 0 aliphatic carbocycles. The largest absolute Gasteiger partial charge is 0.545 e. The van der Waals surface area contributed by atoms with Crippen LogP contribution in [0.3, 0.4) is 0 Å². The molecular formula is C49H85NO8. The van der Waals surface area contributed by atoms with E-state index in [9.17, 15) is 19.5 Å². The summed E-state index contributed by atoms with van der Waals surface area (Å²) in [5.41, 5.74) is 0. The molecule has 0 spiro atoms. The first-order chi connectivity index (χ1) is 28.1. The number of hydrogen-bond donors (Lipinski definition) is 0. The predicted molar refractivity (Wildman–Crippen MR) is 237 cm³/mol. The predicted octanol–water partition coefficient (Wildman–Crippen LogP) is 10.8. The van der Waals surface area contributed by atoms with Crippen molar-refractivity contribution >= 4 is 17.9 Å². The summed E-state index contributed by atoms with van der Waals surface area (Å²) in [5.74, 6) is -2.31. The number of esters is 2. The summed E-state index contributed by atoms with van der Waals surface area (Å²) >= 11 is 0. The number of aliphatic carboxylic acids is 1. The summed E-state index contributed by atoms with van der Waals surface area (Å²) in [5, 5.41) is 11.7. The number of unbranched alkanes of at least 4 members (excludes halogenated alkanes) is 16. The highest BCUT2D eigenvalue weighted by Gasteiger charge is 2.21. The van der Waals surface area contributed by atoms with Crippen molar-refractivity contribution in [3.63, 3.8) is 0 Å². The lowest BCUT2D eigenvalue weighted by Crippen LogP contribution is -2.44. The highest BCUT2D eigenvalue weighted by atomic mass is 16.7. The molecule has 0 rings (SSSR count). The first kappa shape index (κ1) is 55.0. The van der Waals surface area contributed by atoms with Crippen LogP contribution in [0.15, 0.2) is 60.8 Å². The van der Waals surface area contributed by atoms with Gasteiger partial charge in [-0.25, -0.2) is 0 Å². The number of hydrogen-bond acceptors (Lipinski definition) is 8. The van der Waals surface area contributed by atoms with Crippen molar-refractivity contribution in [1.29, 1.82) is 0 Å². The molecule has 58 heavy (non-hydrogen) atoms. The highest BCUT2D eigenvalue weighted by molar-refractivity contribution is 5.70. The fraction of sp³-hybridized carbons (Fsp3) is 0.735. The van der Waals surface area contributed by atoms with Crippen LogP contribution in [0.2, 0.25) is 0 Å². The summed E-state index contributed by atoms with van der Waals surface area (Å²) in [6.07, 6.45) is 45.3. The number of quaternary nitrogens is 1. The smallest absolute Gasteiger partial charge is 0.306 e. The number of nitrogens with zero attached hydrogens (tertiary/aromatic N) is 1. The zero-order valence-electron chi connectivity index (χ0n) is 37.6. The number of carboxylic acids is 1. The molecule has 0 saturated carbocycles. The molecule has 0 aliphatic rings. The molecule has 2 unspecified atom stereocenters. The van der Waals surface area contributed by atoms with Crippen LogP contribution in [-0.2, 0) is 33.3 Å². The maximum absolute atomic E-state index is 12.8. The third kappa shape index (κ3) is 41.2. The number of allylic oxidation sites excluding steroid dienone is 10. The van der Waals surface area contributed by atoms with Crippen LogP contribution >= 0.6 is 0 Å². The summed E-state index contributed by atoms with van der Waals surface area (Å²) in [6, 6.07) is 0. The van der Waals surface area contributed by atoms with Crippen molar-refractivity contribution in [2.45, 2.75) is 187 Å². The summed E-state index contributed by atoms with van der Waals surface area (Å²) < 4.78 is 22.5. The van der Waals surface area contributed by atoms with E-state index in [1.54, 1.807) is 0 Å². The van der Waals surface area contributed by atoms with E-state index in [0.717, 1.165) is 83.5 Å². The quantitative estimate of drug-likeness (QED) is 0.0197. The Hall–Kier alpha value is -3.01. The molecule has 0 aliphatic heterocycles. The van der Waals surface area contributed by atoms with Crippen LogP contribution in [0, 0.1) is 0 Å². The standard InChI is InChI=1S/C49H85NO8/c1-6-8-10-12-14-16-18-20-21-22-23-24-25-26-27-28-30-32-34-36-38-40-47(52)58-45(44-57-49(48(53)54)55-42-41-50(3,4)5)43-56-46(51)39-37-35-33-31-29-19-17-15-13-11-9-7-2/h8,10,14,16,20-21,23-24,26-27,45,49H,6-7,9,11-13,15,17-19,22,25,28-44H2,1-5H3/b10-8-,16-14-,21-20-,24-23-,27-26-. The van der Waals surface area contributed by atoms with Gasteiger partial charge >= 0.3 is 11.9 Å². The fourth-order valence-electron chi connectivity index (χ4n) is 5.97. The van der Waals surface area contributed by atoms with E-state index in [0.29, 0.717) is 17.4 Å². The summed E-state index contributed by atoms with van der Waals surface area (Å²) in [6.45, 7) is 4.59. The molecule has 0 aromatic carbocycles. The maximum Gasteiger partial charge on any atom is 0.306 e. The van der Waals surface area contributed by atoms with Gasteiger partial charge in [0.15, 0.2) is 12.4 Å². The molecule has 0 saturated heterocycles. The van der Waals surface area contributed by atoms with Gasteiger partial charge in [-0.1, -0.05) is 164 Å². The van der Waals surface area contributed by atoms with Crippen LogP contribution in [-0.4, -0.2) is 82.3 Å². The molecule has 0 aromatic rings. The number of carboxylic acid groups (broad SMARTS) is 1. The summed E-state index contributed by atoms with van der Waals surface area (Å²) in [7, 11) is 5.90. The molecule has 9 heteroatoms. The van der Waals surface area contributed by atoms with E-state index in [1.807, 2.05) is 21.1 Å². The van der Waals surface area contributed by atoms with E-state index in [2.05, 4.69) is 74.6 Å². The topological polar surface area (TPSA) is 111 Å². The van der Waals surface area contributed by atoms with Gasteiger partial charge in [0.1, 0.15) is 13.2 Å². The average Bonchev–Trinajstić information content (AvgIpc) is 3.18. The number of rotatable bonds is 41. The zero-order valence-corrected chi connectivity index (χ0v) is 37.6. The van der Waals surface area contributed by atoms with Gasteiger partial charge in [-0.2, -0.15) is 0 Å². The third-order valence-electron chi connectivity index (χ3n) is 9.53. The van der Waals surface area contributed by atoms with Gasteiger partial charge < -0.3 is 33.3 Å². The van der Waals surface area contributed by atoms with Crippen molar-refractivity contribution < 1.29 is 42.9 Å². The summed E-state index contributed by atoms with van der Waals surface area (Å²) in [4.78, 5) is 37.0. The van der Waals surface area contributed by atoms with Gasteiger partial charge in [-0.15, -0.1) is 0 Å². The highest BCUT2D eigenvalue weighted by Crippen LogP contribution is 2.14. The first-order valence-corrected chi connectivity index (χ1v) is 22.9. The Morgan fingerprint density at radius 3 is 1.47 bits per heavy atom. The van der Waals surface area contributed by atoms with E-state index in [4.69, 9.17) is 18.9 Å². The fourth-order valence-corrected chi connectivity index (χ4v) is 5.97. The lowest BCUT2D eigenvalue weighted by molar-refractivity contribution is -0.870. The minimum absolute atomic E-state index is 0.142. The van der Waals surface area contributed by atoms with Crippen LogP contribution in [0.1, 0.15) is 174 Å². The molecule has 2 atom stereocenters. The van der Waals surface area contributed by atoms with E-state index in [1.165, 1.54) is 57.8 Å². The molecule has 0 N–H and O–H groups in total. The first-order valence-electron chi connectivity index (χ1n) is 22.9. The Bertz CT molecular complexity index is 1140. The second-order valence-corrected chi connectivity index (χ2v) is 16.3.